The second-order valence-corrected chi connectivity index (χ2v) is 6.43. The van der Waals surface area contributed by atoms with E-state index in [0.717, 1.165) is 37.2 Å². The number of halogens is 1. The van der Waals surface area contributed by atoms with Crippen molar-refractivity contribution >= 4 is 23.5 Å². The summed E-state index contributed by atoms with van der Waals surface area (Å²) >= 11 is 6.16. The van der Waals surface area contributed by atoms with E-state index in [1.807, 2.05) is 13.8 Å². The van der Waals surface area contributed by atoms with Gasteiger partial charge in [0.2, 0.25) is 5.95 Å². The molecule has 1 amide bonds. The molecule has 1 fully saturated rings. The van der Waals surface area contributed by atoms with Crippen LogP contribution in [0.4, 0.5) is 5.95 Å². The van der Waals surface area contributed by atoms with Gasteiger partial charge in [0.25, 0.3) is 5.91 Å². The van der Waals surface area contributed by atoms with Crippen molar-refractivity contribution in [3.8, 4) is 0 Å². The highest BCUT2D eigenvalue weighted by Crippen LogP contribution is 2.22. The molecule has 0 aliphatic carbocycles. The second-order valence-electron chi connectivity index (χ2n) is 6.02. The number of hydrogen-bond acceptors (Lipinski definition) is 6. The fraction of sp³-hybridized carbons (Fsp3) is 0.500. The zero-order valence-electron chi connectivity index (χ0n) is 14.0. The van der Waals surface area contributed by atoms with Gasteiger partial charge in [0.05, 0.1) is 23.5 Å². The number of rotatable bonds is 4. The van der Waals surface area contributed by atoms with Gasteiger partial charge in [0.15, 0.2) is 5.69 Å². The van der Waals surface area contributed by atoms with E-state index in [1.165, 1.54) is 6.20 Å². The van der Waals surface area contributed by atoms with E-state index < -0.39 is 0 Å². The maximum Gasteiger partial charge on any atom is 0.274 e. The van der Waals surface area contributed by atoms with Gasteiger partial charge in [-0.3, -0.25) is 4.79 Å². The fourth-order valence-electron chi connectivity index (χ4n) is 2.79. The normalized spacial score (nSPS) is 14.2. The van der Waals surface area contributed by atoms with E-state index in [-0.39, 0.29) is 16.6 Å². The lowest BCUT2D eigenvalue weighted by molar-refractivity contribution is 0.0779. The molecule has 0 bridgehead atoms. The molecule has 0 radical (unpaired) electrons. The number of carbonyl (C=O) groups excluding carboxylic acids is 1. The number of aryl methyl sites for hydroxylation is 2. The highest BCUT2D eigenvalue weighted by atomic mass is 35.5. The van der Waals surface area contributed by atoms with Crippen LogP contribution in [-0.2, 0) is 6.54 Å². The van der Waals surface area contributed by atoms with E-state index in [9.17, 15) is 4.79 Å². The number of hydrogen-bond donors (Lipinski definition) is 0. The van der Waals surface area contributed by atoms with Crippen molar-refractivity contribution in [1.29, 1.82) is 0 Å². The van der Waals surface area contributed by atoms with Gasteiger partial charge in [0.1, 0.15) is 5.76 Å². The third kappa shape index (κ3) is 3.21. The van der Waals surface area contributed by atoms with Gasteiger partial charge < -0.3 is 14.3 Å². The average molecular weight is 350 g/mol. The summed E-state index contributed by atoms with van der Waals surface area (Å²) in [6.45, 7) is 5.89. The highest BCUT2D eigenvalue weighted by Gasteiger charge is 2.23. The molecule has 24 heavy (non-hydrogen) atoms. The first-order valence-corrected chi connectivity index (χ1v) is 8.30. The second kappa shape index (κ2) is 6.76. The summed E-state index contributed by atoms with van der Waals surface area (Å²) in [4.78, 5) is 25.1. The van der Waals surface area contributed by atoms with Crippen LogP contribution in [0.5, 0.6) is 0 Å². The van der Waals surface area contributed by atoms with Crippen molar-refractivity contribution in [2.75, 3.05) is 25.0 Å². The summed E-state index contributed by atoms with van der Waals surface area (Å²) in [5.41, 5.74) is 1.90. The summed E-state index contributed by atoms with van der Waals surface area (Å²) in [7, 11) is 1.71. The molecule has 2 aromatic heterocycles. The van der Waals surface area contributed by atoms with E-state index in [2.05, 4.69) is 20.0 Å². The van der Waals surface area contributed by atoms with Crippen molar-refractivity contribution < 1.29 is 9.32 Å². The summed E-state index contributed by atoms with van der Waals surface area (Å²) in [6.07, 6.45) is 3.72. The predicted molar refractivity (Wildman–Crippen MR) is 90.3 cm³/mol. The molecule has 1 saturated heterocycles. The first kappa shape index (κ1) is 16.7. The number of amides is 1. The Morgan fingerprint density at radius 2 is 2.08 bits per heavy atom. The standard InChI is InChI=1S/C16H20ClN5O2/c1-10-12(11(2)24-20-10)9-21(3)15(23)14-13(17)8-18-16(19-14)22-6-4-5-7-22/h8H,4-7,9H2,1-3H3. The van der Waals surface area contributed by atoms with Crippen LogP contribution in [0.25, 0.3) is 0 Å². The molecule has 1 aliphatic rings. The Morgan fingerprint density at radius 3 is 2.71 bits per heavy atom. The minimum atomic E-state index is -0.247. The fourth-order valence-corrected chi connectivity index (χ4v) is 2.97. The summed E-state index contributed by atoms with van der Waals surface area (Å²) in [6, 6.07) is 0. The minimum absolute atomic E-state index is 0.225. The van der Waals surface area contributed by atoms with Crippen molar-refractivity contribution in [3.05, 3.63) is 33.9 Å². The minimum Gasteiger partial charge on any atom is -0.361 e. The van der Waals surface area contributed by atoms with E-state index in [1.54, 1.807) is 11.9 Å². The van der Waals surface area contributed by atoms with Gasteiger partial charge in [0, 0.05) is 25.7 Å². The van der Waals surface area contributed by atoms with Crippen LogP contribution in [0.3, 0.4) is 0 Å². The van der Waals surface area contributed by atoms with Crippen LogP contribution < -0.4 is 4.90 Å². The molecule has 3 heterocycles. The molecule has 0 unspecified atom stereocenters. The Morgan fingerprint density at radius 1 is 1.38 bits per heavy atom. The molecule has 1 aliphatic heterocycles. The molecule has 0 N–H and O–H groups in total. The third-order valence-electron chi connectivity index (χ3n) is 4.25. The monoisotopic (exact) mass is 349 g/mol. The predicted octanol–water partition coefficient (Wildman–Crippen LogP) is 2.61. The molecule has 8 heteroatoms. The number of carbonyl (C=O) groups is 1. The smallest absolute Gasteiger partial charge is 0.274 e. The van der Waals surface area contributed by atoms with Gasteiger partial charge in [-0.2, -0.15) is 0 Å². The Labute approximate surface area is 145 Å². The third-order valence-corrected chi connectivity index (χ3v) is 4.52. The zero-order chi connectivity index (χ0) is 17.3. The first-order valence-electron chi connectivity index (χ1n) is 7.92. The van der Waals surface area contributed by atoms with E-state index in [4.69, 9.17) is 16.1 Å². The molecule has 128 valence electrons. The van der Waals surface area contributed by atoms with Crippen molar-refractivity contribution in [3.63, 3.8) is 0 Å². The maximum absolute atomic E-state index is 12.8. The zero-order valence-corrected chi connectivity index (χ0v) is 14.8. The lowest BCUT2D eigenvalue weighted by Crippen LogP contribution is -2.29. The van der Waals surface area contributed by atoms with Gasteiger partial charge >= 0.3 is 0 Å². The van der Waals surface area contributed by atoms with Crippen LogP contribution in [0.2, 0.25) is 5.02 Å². The molecule has 0 aromatic carbocycles. The lowest BCUT2D eigenvalue weighted by Gasteiger charge is -2.19. The van der Waals surface area contributed by atoms with Crippen molar-refractivity contribution in [1.82, 2.24) is 20.0 Å². The molecular weight excluding hydrogens is 330 g/mol. The van der Waals surface area contributed by atoms with Crippen LogP contribution in [-0.4, -0.2) is 46.1 Å². The summed E-state index contributed by atoms with van der Waals surface area (Å²) in [5, 5.41) is 4.17. The van der Waals surface area contributed by atoms with Gasteiger partial charge in [-0.25, -0.2) is 9.97 Å². The first-order chi connectivity index (χ1) is 11.5. The Bertz CT molecular complexity index is 735. The maximum atomic E-state index is 12.8. The average Bonchev–Trinajstić information content (AvgIpc) is 3.20. The summed E-state index contributed by atoms with van der Waals surface area (Å²) < 4.78 is 5.15. The van der Waals surface area contributed by atoms with E-state index >= 15 is 0 Å². The SMILES string of the molecule is Cc1noc(C)c1CN(C)C(=O)c1nc(N2CCCC2)ncc1Cl. The number of nitrogens with zero attached hydrogens (tertiary/aromatic N) is 5. The number of aromatic nitrogens is 3. The topological polar surface area (TPSA) is 75.4 Å². The Kier molecular flexibility index (Phi) is 4.71. The molecule has 0 spiro atoms. The number of anilines is 1. The van der Waals surface area contributed by atoms with Gasteiger partial charge in [-0.05, 0) is 26.7 Å². The molecule has 2 aromatic rings. The quantitative estimate of drug-likeness (QED) is 0.844. The van der Waals surface area contributed by atoms with Crippen LogP contribution >= 0.6 is 11.6 Å². The van der Waals surface area contributed by atoms with Crippen LogP contribution in [0, 0.1) is 13.8 Å². The van der Waals surface area contributed by atoms with Crippen molar-refractivity contribution in [2.24, 2.45) is 0 Å². The van der Waals surface area contributed by atoms with Crippen LogP contribution in [0.15, 0.2) is 10.7 Å². The van der Waals surface area contributed by atoms with Crippen LogP contribution in [0.1, 0.15) is 40.3 Å². The molecular formula is C16H20ClN5O2. The molecule has 3 rings (SSSR count). The Balaban J connectivity index is 1.82. The van der Waals surface area contributed by atoms with Gasteiger partial charge in [-0.15, -0.1) is 0 Å². The van der Waals surface area contributed by atoms with Crippen molar-refractivity contribution in [2.45, 2.75) is 33.2 Å². The van der Waals surface area contributed by atoms with E-state index in [0.29, 0.717) is 18.3 Å². The lowest BCUT2D eigenvalue weighted by atomic mass is 10.2. The molecule has 0 atom stereocenters. The molecule has 7 nitrogen and oxygen atoms in total. The Hall–Kier alpha value is -2.15. The largest absolute Gasteiger partial charge is 0.361 e. The summed E-state index contributed by atoms with van der Waals surface area (Å²) in [5.74, 6) is 1.02. The highest BCUT2D eigenvalue weighted by molar-refractivity contribution is 6.33. The van der Waals surface area contributed by atoms with Gasteiger partial charge in [-0.1, -0.05) is 16.8 Å². The molecule has 0 saturated carbocycles.